The summed E-state index contributed by atoms with van der Waals surface area (Å²) in [6, 6.07) is 21.1. The Labute approximate surface area is 237 Å². The van der Waals surface area contributed by atoms with E-state index in [2.05, 4.69) is 10.5 Å². The van der Waals surface area contributed by atoms with Crippen molar-refractivity contribution in [1.82, 2.24) is 19.5 Å². The van der Waals surface area contributed by atoms with Gasteiger partial charge in [0.05, 0.1) is 30.0 Å². The number of rotatable bonds is 7. The summed E-state index contributed by atoms with van der Waals surface area (Å²) in [6.07, 6.45) is 3.32. The number of nitrogens with zero attached hydrogens (tertiary/aromatic N) is 4. The van der Waals surface area contributed by atoms with Crippen molar-refractivity contribution in [3.8, 4) is 28.4 Å². The summed E-state index contributed by atoms with van der Waals surface area (Å²) in [7, 11) is -3.74. The van der Waals surface area contributed by atoms with Crippen molar-refractivity contribution >= 4 is 22.1 Å². The molecule has 2 aliphatic heterocycles. The molecule has 11 nitrogen and oxygen atoms in total. The summed E-state index contributed by atoms with van der Waals surface area (Å²) >= 11 is 0. The summed E-state index contributed by atoms with van der Waals surface area (Å²) in [4.78, 5) is 13.0. The van der Waals surface area contributed by atoms with Crippen LogP contribution in [0.5, 0.6) is 11.5 Å². The normalized spacial score (nSPS) is 15.6. The van der Waals surface area contributed by atoms with E-state index in [9.17, 15) is 13.2 Å². The highest BCUT2D eigenvalue weighted by Crippen LogP contribution is 2.35. The van der Waals surface area contributed by atoms with Gasteiger partial charge in [0.25, 0.3) is 5.91 Å². The Balaban J connectivity index is 1.25. The van der Waals surface area contributed by atoms with Crippen molar-refractivity contribution < 1.29 is 27.4 Å². The molecule has 1 saturated heterocycles. The van der Waals surface area contributed by atoms with Gasteiger partial charge in [0.15, 0.2) is 11.5 Å². The lowest BCUT2D eigenvalue weighted by molar-refractivity contribution is 0.0730. The third-order valence-electron chi connectivity index (χ3n) is 6.65. The Hall–Kier alpha value is -4.52. The highest BCUT2D eigenvalue weighted by molar-refractivity contribution is 7.89. The Bertz CT molecular complexity index is 1700. The van der Waals surface area contributed by atoms with Crippen molar-refractivity contribution in [1.29, 1.82) is 0 Å². The quantitative estimate of drug-likeness (QED) is 0.266. The molecule has 0 radical (unpaired) electrons. The van der Waals surface area contributed by atoms with E-state index in [1.165, 1.54) is 34.8 Å². The van der Waals surface area contributed by atoms with Crippen molar-refractivity contribution in [2.75, 3.05) is 39.5 Å². The molecule has 210 valence electrons. The van der Waals surface area contributed by atoms with Crippen LogP contribution in [0.25, 0.3) is 16.9 Å². The molecule has 1 N–H and O–H groups in total. The van der Waals surface area contributed by atoms with Gasteiger partial charge >= 0.3 is 0 Å². The standard InChI is InChI=1S/C29H27N5O6S/c35-29(22-5-4-8-25(17-22)41(36,37)33-11-13-38-14-12-33)31-30-19-23-20-34(24-6-2-1-3-7-24)32-28(23)21-9-10-26-27(18-21)40-16-15-39-26/h1-10,17-20H,11-16H2,(H,31,35)/b30-19-. The molecule has 0 atom stereocenters. The lowest BCUT2D eigenvalue weighted by atomic mass is 10.1. The van der Waals surface area contributed by atoms with Gasteiger partial charge in [-0.1, -0.05) is 24.3 Å². The van der Waals surface area contributed by atoms with E-state index < -0.39 is 15.9 Å². The van der Waals surface area contributed by atoms with Crippen molar-refractivity contribution in [2.45, 2.75) is 4.90 Å². The predicted molar refractivity (Wildman–Crippen MR) is 151 cm³/mol. The molecule has 2 aliphatic rings. The Kier molecular flexibility index (Phi) is 7.51. The lowest BCUT2D eigenvalue weighted by Crippen LogP contribution is -2.40. The van der Waals surface area contributed by atoms with Gasteiger partial charge in [-0.3, -0.25) is 4.79 Å². The summed E-state index contributed by atoms with van der Waals surface area (Å²) in [6.45, 7) is 2.17. The van der Waals surface area contributed by atoms with E-state index >= 15 is 0 Å². The third-order valence-corrected chi connectivity index (χ3v) is 8.55. The number of ether oxygens (including phenoxy) is 3. The number of para-hydroxylation sites is 1. The van der Waals surface area contributed by atoms with Crippen LogP contribution in [0.3, 0.4) is 0 Å². The van der Waals surface area contributed by atoms with E-state index in [1.54, 1.807) is 4.68 Å². The number of morpholine rings is 1. The van der Waals surface area contributed by atoms with Gasteiger partial charge in [-0.15, -0.1) is 0 Å². The zero-order chi connectivity index (χ0) is 28.2. The number of nitrogens with one attached hydrogen (secondary N) is 1. The van der Waals surface area contributed by atoms with Gasteiger partial charge in [-0.05, 0) is 48.5 Å². The molecule has 3 aromatic carbocycles. The summed E-state index contributed by atoms with van der Waals surface area (Å²) in [5.41, 5.74) is 5.59. The number of hydrogen-bond acceptors (Lipinski definition) is 8. The zero-order valence-electron chi connectivity index (χ0n) is 22.0. The number of amides is 1. The highest BCUT2D eigenvalue weighted by Gasteiger charge is 2.27. The second-order valence-corrected chi connectivity index (χ2v) is 11.3. The van der Waals surface area contributed by atoms with Gasteiger partial charge in [-0.25, -0.2) is 18.5 Å². The van der Waals surface area contributed by atoms with E-state index in [1.807, 2.05) is 54.7 Å². The van der Waals surface area contributed by atoms with Gasteiger partial charge in [-0.2, -0.15) is 14.5 Å². The van der Waals surface area contributed by atoms with Crippen LogP contribution in [-0.2, 0) is 14.8 Å². The van der Waals surface area contributed by atoms with Crippen LogP contribution in [-0.4, -0.2) is 74.1 Å². The topological polar surface area (TPSA) is 124 Å². The van der Waals surface area contributed by atoms with Crippen molar-refractivity contribution in [3.63, 3.8) is 0 Å². The second kappa shape index (κ2) is 11.5. The molecule has 0 aliphatic carbocycles. The van der Waals surface area contributed by atoms with E-state index in [0.717, 1.165) is 11.3 Å². The summed E-state index contributed by atoms with van der Waals surface area (Å²) < 4.78 is 45.8. The molecule has 0 unspecified atom stereocenters. The first-order chi connectivity index (χ1) is 20.0. The smallest absolute Gasteiger partial charge is 0.271 e. The number of sulfonamides is 1. The van der Waals surface area contributed by atoms with Crippen LogP contribution in [0.15, 0.2) is 89.0 Å². The Morgan fingerprint density at radius 1 is 0.902 bits per heavy atom. The lowest BCUT2D eigenvalue weighted by Gasteiger charge is -2.26. The molecular formula is C29H27N5O6S. The van der Waals surface area contributed by atoms with Gasteiger partial charge in [0, 0.05) is 36.0 Å². The molecule has 3 heterocycles. The van der Waals surface area contributed by atoms with Crippen LogP contribution in [0, 0.1) is 0 Å². The first-order valence-electron chi connectivity index (χ1n) is 13.1. The molecule has 4 aromatic rings. The number of aromatic nitrogens is 2. The number of benzene rings is 3. The van der Waals surface area contributed by atoms with Crippen molar-refractivity contribution in [3.05, 3.63) is 90.1 Å². The zero-order valence-corrected chi connectivity index (χ0v) is 22.8. The van der Waals surface area contributed by atoms with Crippen LogP contribution < -0.4 is 14.9 Å². The monoisotopic (exact) mass is 573 g/mol. The number of carbonyl (C=O) groups excluding carboxylic acids is 1. The number of hydrazone groups is 1. The molecule has 6 rings (SSSR count). The summed E-state index contributed by atoms with van der Waals surface area (Å²) in [5.74, 6) is 0.755. The van der Waals surface area contributed by atoms with Gasteiger partial charge in [0.2, 0.25) is 10.0 Å². The minimum absolute atomic E-state index is 0.0426. The third kappa shape index (κ3) is 5.71. The van der Waals surface area contributed by atoms with E-state index in [0.29, 0.717) is 49.2 Å². The molecule has 1 aromatic heterocycles. The number of fused-ring (bicyclic) bond motifs is 1. The van der Waals surface area contributed by atoms with Crippen molar-refractivity contribution in [2.24, 2.45) is 5.10 Å². The first kappa shape index (κ1) is 26.7. The minimum atomic E-state index is -3.74. The van der Waals surface area contributed by atoms with E-state index in [-0.39, 0.29) is 23.5 Å². The molecule has 12 heteroatoms. The van der Waals surface area contributed by atoms with E-state index in [4.69, 9.17) is 19.3 Å². The maximum Gasteiger partial charge on any atom is 0.271 e. The fourth-order valence-corrected chi connectivity index (χ4v) is 6.02. The maximum absolute atomic E-state index is 13.0. The molecule has 0 bridgehead atoms. The highest BCUT2D eigenvalue weighted by atomic mass is 32.2. The maximum atomic E-state index is 13.0. The van der Waals surface area contributed by atoms with Gasteiger partial charge in [0.1, 0.15) is 18.9 Å². The SMILES string of the molecule is O=C(N/N=C\c1cn(-c2ccccc2)nc1-c1ccc2c(c1)OCCO2)c1cccc(S(=O)(=O)N2CCOCC2)c1. The van der Waals surface area contributed by atoms with Crippen LogP contribution in [0.4, 0.5) is 0 Å². The number of carbonyl (C=O) groups is 1. The van der Waals surface area contributed by atoms with Gasteiger partial charge < -0.3 is 14.2 Å². The Morgan fingerprint density at radius 2 is 1.68 bits per heavy atom. The van der Waals surface area contributed by atoms with Crippen LogP contribution in [0.1, 0.15) is 15.9 Å². The molecule has 1 fully saturated rings. The predicted octanol–water partition coefficient (Wildman–Crippen LogP) is 3.10. The average molecular weight is 574 g/mol. The van der Waals surface area contributed by atoms with Crippen LogP contribution >= 0.6 is 0 Å². The molecular weight excluding hydrogens is 546 g/mol. The summed E-state index contributed by atoms with van der Waals surface area (Å²) in [5, 5.41) is 8.94. The second-order valence-electron chi connectivity index (χ2n) is 9.32. The molecule has 0 spiro atoms. The fourth-order valence-electron chi connectivity index (χ4n) is 4.57. The van der Waals surface area contributed by atoms with Crippen LogP contribution in [0.2, 0.25) is 0 Å². The first-order valence-corrected chi connectivity index (χ1v) is 14.5. The molecule has 1 amide bonds. The fraction of sp³-hybridized carbons (Fsp3) is 0.207. The molecule has 0 saturated carbocycles. The number of hydrogen-bond donors (Lipinski definition) is 1. The minimum Gasteiger partial charge on any atom is -0.486 e. The molecule has 41 heavy (non-hydrogen) atoms. The average Bonchev–Trinajstić information content (AvgIpc) is 3.46. The largest absolute Gasteiger partial charge is 0.486 e. The Morgan fingerprint density at radius 3 is 2.49 bits per heavy atom.